The average molecular weight is 458 g/mol. The molecule has 0 radical (unpaired) electrons. The molecule has 10 heteroatoms. The summed E-state index contributed by atoms with van der Waals surface area (Å²) in [4.78, 5) is 16.5. The smallest absolute Gasteiger partial charge is 0.435 e. The summed E-state index contributed by atoms with van der Waals surface area (Å²) >= 11 is 0. The maximum absolute atomic E-state index is 13.7. The molecule has 0 spiro atoms. The molecule has 2 aliphatic rings. The Hall–Kier alpha value is -3.53. The number of anilines is 1. The van der Waals surface area contributed by atoms with Crippen LogP contribution in [0.2, 0.25) is 0 Å². The lowest BCUT2D eigenvalue weighted by Gasteiger charge is -2.24. The van der Waals surface area contributed by atoms with Crippen LogP contribution in [-0.2, 0) is 19.1 Å². The molecule has 3 aromatic rings. The molecule has 1 aromatic heterocycles. The van der Waals surface area contributed by atoms with E-state index >= 15 is 0 Å². The zero-order valence-electron chi connectivity index (χ0n) is 18.0. The number of alkyl halides is 3. The summed E-state index contributed by atoms with van der Waals surface area (Å²) in [6.45, 7) is 0.930. The van der Waals surface area contributed by atoms with E-state index in [0.717, 1.165) is 0 Å². The summed E-state index contributed by atoms with van der Waals surface area (Å²) < 4.78 is 53.0. The molecule has 33 heavy (non-hydrogen) atoms. The van der Waals surface area contributed by atoms with Crippen LogP contribution in [0.5, 0.6) is 11.5 Å². The van der Waals surface area contributed by atoms with Gasteiger partial charge in [-0.2, -0.15) is 18.3 Å². The number of ether oxygens (including phenoxy) is 2. The molecule has 0 fully saturated rings. The molecular weight excluding hydrogens is 437 g/mol. The van der Waals surface area contributed by atoms with Crippen molar-refractivity contribution >= 4 is 11.6 Å². The summed E-state index contributed by atoms with van der Waals surface area (Å²) in [6.07, 6.45) is -4.12. The van der Waals surface area contributed by atoms with E-state index in [1.165, 1.54) is 9.58 Å². The number of benzene rings is 2. The Balaban J connectivity index is 1.49. The second kappa shape index (κ2) is 7.80. The van der Waals surface area contributed by atoms with Crippen LogP contribution in [0.15, 0.2) is 42.5 Å². The van der Waals surface area contributed by atoms with Crippen molar-refractivity contribution in [1.82, 2.24) is 14.7 Å². The number of carbonyl (C=O) groups excluding carboxylic acids is 1. The van der Waals surface area contributed by atoms with Crippen molar-refractivity contribution in [1.29, 1.82) is 0 Å². The van der Waals surface area contributed by atoms with E-state index in [1.54, 1.807) is 56.6 Å². The van der Waals surface area contributed by atoms with Gasteiger partial charge in [0.25, 0.3) is 5.91 Å². The summed E-state index contributed by atoms with van der Waals surface area (Å²) in [6, 6.07) is 11.7. The fraction of sp³-hybridized carbons (Fsp3) is 0.304. The number of carbonyl (C=O) groups is 1. The van der Waals surface area contributed by atoms with Crippen LogP contribution >= 0.6 is 0 Å². The van der Waals surface area contributed by atoms with E-state index in [2.05, 4.69) is 5.10 Å². The minimum absolute atomic E-state index is 0.127. The third kappa shape index (κ3) is 3.80. The standard InChI is InChI=1S/C23H21F3N4O3/c1-28-9-8-18-17(12-28)21(23(24,25)26)27-30(18)16-5-3-4-14(10-16)22(31)29(2)15-6-7-19-20(11-15)33-13-32-19/h3-7,10-11H,8-9,12-13H2,1-2H3. The van der Waals surface area contributed by atoms with Gasteiger partial charge >= 0.3 is 6.18 Å². The van der Waals surface area contributed by atoms with Crippen LogP contribution in [0.3, 0.4) is 0 Å². The van der Waals surface area contributed by atoms with Crippen LogP contribution in [0.25, 0.3) is 5.69 Å². The first-order valence-electron chi connectivity index (χ1n) is 10.4. The molecule has 0 saturated carbocycles. The van der Waals surface area contributed by atoms with Gasteiger partial charge in [-0.1, -0.05) is 6.07 Å². The Morgan fingerprint density at radius 1 is 1.12 bits per heavy atom. The van der Waals surface area contributed by atoms with E-state index in [1.807, 2.05) is 4.90 Å². The van der Waals surface area contributed by atoms with Crippen LogP contribution in [0.1, 0.15) is 27.3 Å². The topological polar surface area (TPSA) is 59.8 Å². The maximum Gasteiger partial charge on any atom is 0.435 e. The Morgan fingerprint density at radius 3 is 2.70 bits per heavy atom. The highest BCUT2D eigenvalue weighted by atomic mass is 19.4. The van der Waals surface area contributed by atoms with Crippen LogP contribution in [-0.4, -0.2) is 48.0 Å². The highest BCUT2D eigenvalue weighted by Gasteiger charge is 2.40. The summed E-state index contributed by atoms with van der Waals surface area (Å²) in [5.74, 6) is 0.845. The SMILES string of the molecule is CN1CCc2c(c(C(F)(F)F)nn2-c2cccc(C(=O)N(C)c3ccc4c(c3)OCO4)c2)C1. The molecule has 172 valence electrons. The van der Waals surface area contributed by atoms with Crippen LogP contribution in [0.4, 0.5) is 18.9 Å². The first-order chi connectivity index (χ1) is 15.7. The van der Waals surface area contributed by atoms with Crippen LogP contribution in [0, 0.1) is 0 Å². The molecule has 2 aliphatic heterocycles. The first kappa shape index (κ1) is 21.3. The Kier molecular flexibility index (Phi) is 5.04. The van der Waals surface area contributed by atoms with E-state index in [0.29, 0.717) is 47.1 Å². The number of halogens is 3. The Bertz CT molecular complexity index is 1240. The van der Waals surface area contributed by atoms with E-state index in [4.69, 9.17) is 9.47 Å². The first-order valence-corrected chi connectivity index (χ1v) is 10.4. The number of hydrogen-bond donors (Lipinski definition) is 0. The second-order valence-electron chi connectivity index (χ2n) is 8.12. The molecule has 0 N–H and O–H groups in total. The fourth-order valence-electron chi connectivity index (χ4n) is 4.17. The number of amides is 1. The molecular formula is C23H21F3N4O3. The second-order valence-corrected chi connectivity index (χ2v) is 8.12. The number of aromatic nitrogens is 2. The number of hydrogen-bond acceptors (Lipinski definition) is 5. The van der Waals surface area contributed by atoms with Gasteiger partial charge < -0.3 is 19.3 Å². The van der Waals surface area contributed by atoms with E-state index < -0.39 is 11.9 Å². The largest absolute Gasteiger partial charge is 0.454 e. The van der Waals surface area contributed by atoms with Crippen molar-refractivity contribution in [2.75, 3.05) is 32.3 Å². The van der Waals surface area contributed by atoms with Crippen molar-refractivity contribution < 1.29 is 27.4 Å². The van der Waals surface area contributed by atoms with Gasteiger partial charge in [0, 0.05) is 49.4 Å². The molecule has 0 saturated heterocycles. The molecule has 0 atom stereocenters. The highest BCUT2D eigenvalue weighted by molar-refractivity contribution is 6.06. The zero-order valence-corrected chi connectivity index (χ0v) is 18.0. The van der Waals surface area contributed by atoms with Gasteiger partial charge in [0.05, 0.1) is 11.4 Å². The van der Waals surface area contributed by atoms with Gasteiger partial charge in [-0.15, -0.1) is 0 Å². The van der Waals surface area contributed by atoms with E-state index in [-0.39, 0.29) is 24.8 Å². The Morgan fingerprint density at radius 2 is 1.91 bits per heavy atom. The van der Waals surface area contributed by atoms with Crippen molar-refractivity contribution in [2.45, 2.75) is 19.1 Å². The molecule has 2 aromatic carbocycles. The molecule has 0 aliphatic carbocycles. The number of rotatable bonds is 3. The molecule has 0 unspecified atom stereocenters. The van der Waals surface area contributed by atoms with Gasteiger partial charge in [-0.05, 0) is 37.4 Å². The highest BCUT2D eigenvalue weighted by Crippen LogP contribution is 2.37. The minimum atomic E-state index is -4.56. The lowest BCUT2D eigenvalue weighted by Crippen LogP contribution is -2.28. The number of likely N-dealkylation sites (N-methyl/N-ethyl adjacent to an activating group) is 1. The summed E-state index contributed by atoms with van der Waals surface area (Å²) in [7, 11) is 3.41. The molecule has 0 bridgehead atoms. The van der Waals surface area contributed by atoms with Gasteiger partial charge in [0.15, 0.2) is 17.2 Å². The number of fused-ring (bicyclic) bond motifs is 2. The van der Waals surface area contributed by atoms with Gasteiger partial charge in [0.2, 0.25) is 6.79 Å². The lowest BCUT2D eigenvalue weighted by molar-refractivity contribution is -0.142. The van der Waals surface area contributed by atoms with Crippen molar-refractivity contribution in [2.24, 2.45) is 0 Å². The average Bonchev–Trinajstić information content (AvgIpc) is 3.41. The minimum Gasteiger partial charge on any atom is -0.454 e. The predicted octanol–water partition coefficient (Wildman–Crippen LogP) is 3.88. The predicted molar refractivity (Wildman–Crippen MR) is 114 cm³/mol. The molecule has 5 rings (SSSR count). The van der Waals surface area contributed by atoms with Gasteiger partial charge in [-0.25, -0.2) is 4.68 Å². The zero-order chi connectivity index (χ0) is 23.3. The molecule has 1 amide bonds. The van der Waals surface area contributed by atoms with Gasteiger partial charge in [0.1, 0.15) is 0 Å². The van der Waals surface area contributed by atoms with Crippen molar-refractivity contribution in [3.8, 4) is 17.2 Å². The third-order valence-electron chi connectivity index (χ3n) is 5.90. The quantitative estimate of drug-likeness (QED) is 0.596. The maximum atomic E-state index is 13.7. The summed E-state index contributed by atoms with van der Waals surface area (Å²) in [5, 5.41) is 3.92. The number of nitrogens with zero attached hydrogens (tertiary/aromatic N) is 4. The summed E-state index contributed by atoms with van der Waals surface area (Å²) in [5.41, 5.74) is 1.18. The van der Waals surface area contributed by atoms with Crippen molar-refractivity contribution in [3.05, 3.63) is 65.0 Å². The van der Waals surface area contributed by atoms with Gasteiger partial charge in [-0.3, -0.25) is 4.79 Å². The normalized spacial score (nSPS) is 15.4. The van der Waals surface area contributed by atoms with E-state index in [9.17, 15) is 18.0 Å². The molecule has 3 heterocycles. The Labute approximate surface area is 187 Å². The third-order valence-corrected chi connectivity index (χ3v) is 5.90. The lowest BCUT2D eigenvalue weighted by atomic mass is 10.0. The van der Waals surface area contributed by atoms with Crippen LogP contribution < -0.4 is 14.4 Å². The molecule has 7 nitrogen and oxygen atoms in total. The monoisotopic (exact) mass is 458 g/mol. The fourth-order valence-corrected chi connectivity index (χ4v) is 4.17. The van der Waals surface area contributed by atoms with Crippen molar-refractivity contribution in [3.63, 3.8) is 0 Å².